The number of carbonyl (C=O) groups is 1. The second-order valence-electron chi connectivity index (χ2n) is 7.32. The van der Waals surface area contributed by atoms with Gasteiger partial charge in [0.1, 0.15) is 0 Å². The number of rotatable bonds is 4. The maximum atomic E-state index is 12.1. The molecule has 21 heavy (non-hydrogen) atoms. The van der Waals surface area contributed by atoms with Crippen molar-refractivity contribution < 1.29 is 4.79 Å². The van der Waals surface area contributed by atoms with E-state index in [9.17, 15) is 4.79 Å². The van der Waals surface area contributed by atoms with Gasteiger partial charge in [0.05, 0.1) is 0 Å². The number of carbonyl (C=O) groups excluding carboxylic acids is 1. The van der Waals surface area contributed by atoms with Crippen LogP contribution in [0.1, 0.15) is 47.0 Å². The number of piperidine rings is 1. The van der Waals surface area contributed by atoms with E-state index in [0.717, 1.165) is 25.6 Å². The van der Waals surface area contributed by atoms with E-state index in [0.29, 0.717) is 12.3 Å². The van der Waals surface area contributed by atoms with Gasteiger partial charge in [-0.3, -0.25) is 9.69 Å². The van der Waals surface area contributed by atoms with Crippen molar-refractivity contribution >= 4 is 5.91 Å². The molecule has 0 aromatic rings. The molecule has 0 unspecified atom stereocenters. The van der Waals surface area contributed by atoms with Gasteiger partial charge in [-0.05, 0) is 52.2 Å². The minimum absolute atomic E-state index is 0.0184. The lowest BCUT2D eigenvalue weighted by molar-refractivity contribution is -0.140. The van der Waals surface area contributed by atoms with Crippen molar-refractivity contribution in [1.29, 1.82) is 0 Å². The fourth-order valence-electron chi connectivity index (χ4n) is 3.92. The minimum atomic E-state index is -0.0184. The van der Waals surface area contributed by atoms with Crippen LogP contribution >= 0.6 is 0 Å². The number of amides is 1. The summed E-state index contributed by atoms with van der Waals surface area (Å²) in [4.78, 5) is 19.3. The van der Waals surface area contributed by atoms with E-state index in [1.807, 2.05) is 6.92 Å². The third-order valence-electron chi connectivity index (χ3n) is 5.26. The Hall–Kier alpha value is -0.610. The summed E-state index contributed by atoms with van der Waals surface area (Å²) < 4.78 is 0. The van der Waals surface area contributed by atoms with Crippen LogP contribution in [0.4, 0.5) is 0 Å². The molecule has 0 N–H and O–H groups in total. The molecular weight excluding hydrogens is 262 g/mol. The van der Waals surface area contributed by atoms with Gasteiger partial charge in [0.25, 0.3) is 0 Å². The summed E-state index contributed by atoms with van der Waals surface area (Å²) in [5.41, 5.74) is -0.0184. The summed E-state index contributed by atoms with van der Waals surface area (Å²) >= 11 is 0. The normalized spacial score (nSPS) is 25.2. The molecule has 0 saturated carbocycles. The Kier molecular flexibility index (Phi) is 5.67. The first-order valence-electron chi connectivity index (χ1n) is 8.71. The van der Waals surface area contributed by atoms with Gasteiger partial charge in [0.15, 0.2) is 0 Å². The van der Waals surface area contributed by atoms with Gasteiger partial charge in [0.2, 0.25) is 5.91 Å². The average molecular weight is 295 g/mol. The summed E-state index contributed by atoms with van der Waals surface area (Å²) in [5.74, 6) is 1.15. The molecule has 1 amide bonds. The van der Waals surface area contributed by atoms with Crippen LogP contribution in [-0.2, 0) is 4.79 Å². The van der Waals surface area contributed by atoms with E-state index in [1.54, 1.807) is 0 Å². The first kappa shape index (κ1) is 16.8. The second kappa shape index (κ2) is 7.10. The van der Waals surface area contributed by atoms with Gasteiger partial charge in [-0.25, -0.2) is 0 Å². The molecule has 4 nitrogen and oxygen atoms in total. The highest BCUT2D eigenvalue weighted by Crippen LogP contribution is 2.25. The highest BCUT2D eigenvalue weighted by Gasteiger charge is 2.36. The molecule has 0 atom stereocenters. The largest absolute Gasteiger partial charge is 0.335 e. The molecule has 122 valence electrons. The van der Waals surface area contributed by atoms with E-state index < -0.39 is 0 Å². The molecule has 2 rings (SSSR count). The lowest BCUT2D eigenvalue weighted by atomic mass is 9.93. The Morgan fingerprint density at radius 3 is 2.24 bits per heavy atom. The Bertz CT molecular complexity index is 348. The van der Waals surface area contributed by atoms with Gasteiger partial charge in [0, 0.05) is 38.1 Å². The van der Waals surface area contributed by atoms with Gasteiger partial charge < -0.3 is 9.80 Å². The molecule has 2 saturated heterocycles. The first-order chi connectivity index (χ1) is 9.96. The van der Waals surface area contributed by atoms with Crippen LogP contribution < -0.4 is 0 Å². The lowest BCUT2D eigenvalue weighted by Gasteiger charge is -2.48. The summed E-state index contributed by atoms with van der Waals surface area (Å²) in [6.07, 6.45) is 3.30. The molecule has 4 heteroatoms. The van der Waals surface area contributed by atoms with Crippen molar-refractivity contribution in [3.05, 3.63) is 0 Å². The maximum absolute atomic E-state index is 12.1. The lowest BCUT2D eigenvalue weighted by Crippen LogP contribution is -2.61. The molecule has 0 spiro atoms. The quantitative estimate of drug-likeness (QED) is 0.794. The van der Waals surface area contributed by atoms with Crippen molar-refractivity contribution in [2.45, 2.75) is 52.5 Å². The fraction of sp³-hybridized carbons (Fsp3) is 0.941. The van der Waals surface area contributed by atoms with E-state index in [4.69, 9.17) is 0 Å². The molecule has 2 aliphatic rings. The Balaban J connectivity index is 1.83. The number of likely N-dealkylation sites (tertiary alicyclic amines) is 1. The number of piperazine rings is 1. The van der Waals surface area contributed by atoms with Gasteiger partial charge in [-0.15, -0.1) is 0 Å². The third kappa shape index (κ3) is 4.19. The van der Waals surface area contributed by atoms with E-state index in [2.05, 4.69) is 35.5 Å². The Morgan fingerprint density at radius 2 is 1.71 bits per heavy atom. The Labute approximate surface area is 130 Å². The molecule has 2 heterocycles. The number of nitrogens with zero attached hydrogens (tertiary/aromatic N) is 3. The molecule has 2 aliphatic heterocycles. The van der Waals surface area contributed by atoms with Crippen LogP contribution in [0.3, 0.4) is 0 Å². The molecule has 0 aromatic carbocycles. The van der Waals surface area contributed by atoms with Gasteiger partial charge in [-0.1, -0.05) is 13.8 Å². The number of hydrogen-bond donors (Lipinski definition) is 0. The van der Waals surface area contributed by atoms with Crippen molar-refractivity contribution in [3.63, 3.8) is 0 Å². The zero-order valence-corrected chi connectivity index (χ0v) is 14.4. The van der Waals surface area contributed by atoms with Crippen molar-refractivity contribution in [3.8, 4) is 0 Å². The smallest absolute Gasteiger partial charge is 0.222 e. The van der Waals surface area contributed by atoms with E-state index >= 15 is 0 Å². The molecule has 0 bridgehead atoms. The molecule has 0 aliphatic carbocycles. The highest BCUT2D eigenvalue weighted by atomic mass is 16.2. The van der Waals surface area contributed by atoms with Crippen LogP contribution in [0.2, 0.25) is 0 Å². The zero-order valence-electron chi connectivity index (χ0n) is 14.4. The van der Waals surface area contributed by atoms with E-state index in [1.165, 1.54) is 39.0 Å². The predicted molar refractivity (Wildman–Crippen MR) is 87.4 cm³/mol. The zero-order chi connectivity index (χ0) is 15.5. The summed E-state index contributed by atoms with van der Waals surface area (Å²) in [7, 11) is 0. The molecule has 0 aromatic heterocycles. The second-order valence-corrected chi connectivity index (χ2v) is 7.32. The van der Waals surface area contributed by atoms with Crippen molar-refractivity contribution in [2.24, 2.45) is 5.92 Å². The maximum Gasteiger partial charge on any atom is 0.222 e. The minimum Gasteiger partial charge on any atom is -0.335 e. The summed E-state index contributed by atoms with van der Waals surface area (Å²) in [6, 6.07) is 0. The SMILES string of the molecule is CCC(=O)N1CCN(CC2CCN(CC)CC2)CC1(C)C. The topological polar surface area (TPSA) is 26.8 Å². The van der Waals surface area contributed by atoms with Gasteiger partial charge >= 0.3 is 0 Å². The first-order valence-corrected chi connectivity index (χ1v) is 8.71. The van der Waals surface area contributed by atoms with Crippen LogP contribution in [0.25, 0.3) is 0 Å². The van der Waals surface area contributed by atoms with Crippen LogP contribution in [0, 0.1) is 5.92 Å². The van der Waals surface area contributed by atoms with Crippen LogP contribution in [0.15, 0.2) is 0 Å². The van der Waals surface area contributed by atoms with Crippen molar-refractivity contribution in [1.82, 2.24) is 14.7 Å². The fourth-order valence-corrected chi connectivity index (χ4v) is 3.92. The van der Waals surface area contributed by atoms with Gasteiger partial charge in [-0.2, -0.15) is 0 Å². The third-order valence-corrected chi connectivity index (χ3v) is 5.26. The summed E-state index contributed by atoms with van der Waals surface area (Å²) in [5, 5.41) is 0. The Morgan fingerprint density at radius 1 is 1.05 bits per heavy atom. The standard InChI is InChI=1S/C17H33N3O/c1-5-16(21)20-12-11-19(14-17(20,3)4)13-15-7-9-18(6-2)10-8-15/h15H,5-14H2,1-4H3. The number of hydrogen-bond acceptors (Lipinski definition) is 3. The molecule has 2 fully saturated rings. The van der Waals surface area contributed by atoms with Crippen LogP contribution in [0.5, 0.6) is 0 Å². The average Bonchev–Trinajstić information content (AvgIpc) is 2.46. The highest BCUT2D eigenvalue weighted by molar-refractivity contribution is 5.76. The predicted octanol–water partition coefficient (Wildman–Crippen LogP) is 2.05. The van der Waals surface area contributed by atoms with E-state index in [-0.39, 0.29) is 5.54 Å². The molecule has 0 radical (unpaired) electrons. The summed E-state index contributed by atoms with van der Waals surface area (Å²) in [6.45, 7) is 16.5. The molecular formula is C17H33N3O. The van der Waals surface area contributed by atoms with Crippen LogP contribution in [-0.4, -0.2) is 72.0 Å². The van der Waals surface area contributed by atoms with Crippen molar-refractivity contribution in [2.75, 3.05) is 45.8 Å². The monoisotopic (exact) mass is 295 g/mol.